The SMILES string of the molecule is CC(C)N1CCN(Cc2nnc(-c3ccco3)o2)CC1. The fraction of sp³-hybridized carbons (Fsp3) is 0.571. The molecule has 3 rings (SSSR count). The zero-order chi connectivity index (χ0) is 13.9. The molecule has 20 heavy (non-hydrogen) atoms. The molecule has 1 aliphatic rings. The van der Waals surface area contributed by atoms with Gasteiger partial charge in [-0.2, -0.15) is 0 Å². The van der Waals surface area contributed by atoms with Crippen molar-refractivity contribution in [3.8, 4) is 11.7 Å². The van der Waals surface area contributed by atoms with E-state index in [1.807, 2.05) is 12.1 Å². The molecule has 6 nitrogen and oxygen atoms in total. The molecule has 0 radical (unpaired) electrons. The van der Waals surface area contributed by atoms with Crippen molar-refractivity contribution < 1.29 is 8.83 Å². The van der Waals surface area contributed by atoms with Gasteiger partial charge in [-0.1, -0.05) is 0 Å². The van der Waals surface area contributed by atoms with Gasteiger partial charge in [0.15, 0.2) is 5.76 Å². The fourth-order valence-electron chi connectivity index (χ4n) is 2.45. The lowest BCUT2D eigenvalue weighted by atomic mass is 10.2. The summed E-state index contributed by atoms with van der Waals surface area (Å²) in [7, 11) is 0. The van der Waals surface area contributed by atoms with Crippen LogP contribution in [0.5, 0.6) is 0 Å². The van der Waals surface area contributed by atoms with Crippen LogP contribution in [-0.2, 0) is 6.54 Å². The van der Waals surface area contributed by atoms with Crippen molar-refractivity contribution in [3.63, 3.8) is 0 Å². The summed E-state index contributed by atoms with van der Waals surface area (Å²) >= 11 is 0. The van der Waals surface area contributed by atoms with Gasteiger partial charge in [0.2, 0.25) is 5.89 Å². The Morgan fingerprint density at radius 2 is 2.00 bits per heavy atom. The highest BCUT2D eigenvalue weighted by atomic mass is 16.4. The van der Waals surface area contributed by atoms with Crippen molar-refractivity contribution >= 4 is 0 Å². The van der Waals surface area contributed by atoms with Crippen LogP contribution in [-0.4, -0.2) is 52.2 Å². The Balaban J connectivity index is 1.57. The Kier molecular flexibility index (Phi) is 3.84. The maximum Gasteiger partial charge on any atom is 0.283 e. The van der Waals surface area contributed by atoms with Crippen LogP contribution in [0.3, 0.4) is 0 Å². The summed E-state index contributed by atoms with van der Waals surface area (Å²) in [4.78, 5) is 4.83. The molecule has 1 aliphatic heterocycles. The Bertz CT molecular complexity index is 527. The standard InChI is InChI=1S/C14H20N4O2/c1-11(2)18-7-5-17(6-8-18)10-13-15-16-14(20-13)12-4-3-9-19-12/h3-4,9,11H,5-8,10H2,1-2H3. The van der Waals surface area contributed by atoms with Gasteiger partial charge in [-0.15, -0.1) is 10.2 Å². The molecule has 6 heteroatoms. The molecule has 0 saturated carbocycles. The summed E-state index contributed by atoms with van der Waals surface area (Å²) in [6.07, 6.45) is 1.60. The maximum absolute atomic E-state index is 5.63. The van der Waals surface area contributed by atoms with Crippen molar-refractivity contribution in [2.24, 2.45) is 0 Å². The molecular weight excluding hydrogens is 256 g/mol. The first-order valence-corrected chi connectivity index (χ1v) is 7.05. The van der Waals surface area contributed by atoms with E-state index in [9.17, 15) is 0 Å². The molecule has 0 unspecified atom stereocenters. The zero-order valence-corrected chi connectivity index (χ0v) is 12.0. The van der Waals surface area contributed by atoms with Crippen molar-refractivity contribution in [2.75, 3.05) is 26.2 Å². The molecule has 2 aromatic heterocycles. The maximum atomic E-state index is 5.63. The van der Waals surface area contributed by atoms with E-state index in [1.54, 1.807) is 6.26 Å². The Morgan fingerprint density at radius 3 is 2.65 bits per heavy atom. The number of hydrogen-bond donors (Lipinski definition) is 0. The Morgan fingerprint density at radius 1 is 1.20 bits per heavy atom. The van der Waals surface area contributed by atoms with Crippen LogP contribution in [0.25, 0.3) is 11.7 Å². The van der Waals surface area contributed by atoms with E-state index in [4.69, 9.17) is 8.83 Å². The molecule has 108 valence electrons. The molecule has 0 aromatic carbocycles. The second kappa shape index (κ2) is 5.76. The van der Waals surface area contributed by atoms with Gasteiger partial charge in [-0.25, -0.2) is 0 Å². The molecular formula is C14H20N4O2. The minimum Gasteiger partial charge on any atom is -0.459 e. The molecule has 1 saturated heterocycles. The van der Waals surface area contributed by atoms with Gasteiger partial charge in [-0.05, 0) is 26.0 Å². The first kappa shape index (κ1) is 13.3. The van der Waals surface area contributed by atoms with Crippen LogP contribution in [0.1, 0.15) is 19.7 Å². The first-order chi connectivity index (χ1) is 9.72. The van der Waals surface area contributed by atoms with E-state index in [2.05, 4.69) is 33.8 Å². The summed E-state index contributed by atoms with van der Waals surface area (Å²) in [6.45, 7) is 9.45. The Labute approximate surface area is 118 Å². The van der Waals surface area contributed by atoms with Gasteiger partial charge in [0.25, 0.3) is 5.89 Å². The number of aromatic nitrogens is 2. The highest BCUT2D eigenvalue weighted by Crippen LogP contribution is 2.18. The van der Waals surface area contributed by atoms with Crippen LogP contribution in [0.2, 0.25) is 0 Å². The van der Waals surface area contributed by atoms with Crippen LogP contribution in [0.15, 0.2) is 27.2 Å². The topological polar surface area (TPSA) is 58.5 Å². The summed E-state index contributed by atoms with van der Waals surface area (Å²) in [5.41, 5.74) is 0. The van der Waals surface area contributed by atoms with Crippen molar-refractivity contribution in [1.29, 1.82) is 0 Å². The second-order valence-electron chi connectivity index (χ2n) is 5.38. The van der Waals surface area contributed by atoms with E-state index in [1.165, 1.54) is 0 Å². The highest BCUT2D eigenvalue weighted by molar-refractivity contribution is 5.42. The monoisotopic (exact) mass is 276 g/mol. The van der Waals surface area contributed by atoms with Gasteiger partial charge in [0, 0.05) is 32.2 Å². The van der Waals surface area contributed by atoms with Crippen LogP contribution in [0.4, 0.5) is 0 Å². The van der Waals surface area contributed by atoms with E-state index < -0.39 is 0 Å². The van der Waals surface area contributed by atoms with Crippen molar-refractivity contribution in [3.05, 3.63) is 24.3 Å². The van der Waals surface area contributed by atoms with Gasteiger partial charge in [0.05, 0.1) is 12.8 Å². The zero-order valence-electron chi connectivity index (χ0n) is 12.0. The number of nitrogens with zero attached hydrogens (tertiary/aromatic N) is 4. The largest absolute Gasteiger partial charge is 0.459 e. The first-order valence-electron chi connectivity index (χ1n) is 7.05. The van der Waals surface area contributed by atoms with E-state index in [0.717, 1.165) is 26.2 Å². The molecule has 0 atom stereocenters. The molecule has 1 fully saturated rings. The number of piperazine rings is 1. The molecule has 0 spiro atoms. The average molecular weight is 276 g/mol. The summed E-state index contributed by atoms with van der Waals surface area (Å²) in [5.74, 6) is 1.72. The number of furan rings is 1. The number of hydrogen-bond acceptors (Lipinski definition) is 6. The quantitative estimate of drug-likeness (QED) is 0.849. The third kappa shape index (κ3) is 2.91. The molecule has 0 amide bonds. The molecule has 3 heterocycles. The predicted octanol–water partition coefficient (Wildman–Crippen LogP) is 1.86. The van der Waals surface area contributed by atoms with E-state index in [-0.39, 0.29) is 0 Å². The smallest absolute Gasteiger partial charge is 0.283 e. The molecule has 0 N–H and O–H groups in total. The fourth-order valence-corrected chi connectivity index (χ4v) is 2.45. The molecule has 0 bridgehead atoms. The van der Waals surface area contributed by atoms with Crippen molar-refractivity contribution in [2.45, 2.75) is 26.4 Å². The summed E-state index contributed by atoms with van der Waals surface area (Å²) < 4.78 is 10.9. The normalized spacial score (nSPS) is 17.9. The van der Waals surface area contributed by atoms with Crippen LogP contribution in [0, 0.1) is 0 Å². The third-order valence-electron chi connectivity index (χ3n) is 3.69. The van der Waals surface area contributed by atoms with Gasteiger partial charge in [-0.3, -0.25) is 9.80 Å². The Hall–Kier alpha value is -1.66. The highest BCUT2D eigenvalue weighted by Gasteiger charge is 2.20. The predicted molar refractivity (Wildman–Crippen MR) is 74.0 cm³/mol. The van der Waals surface area contributed by atoms with E-state index in [0.29, 0.717) is 30.1 Å². The van der Waals surface area contributed by atoms with Gasteiger partial charge >= 0.3 is 0 Å². The summed E-state index contributed by atoms with van der Waals surface area (Å²) in [5, 5.41) is 8.11. The summed E-state index contributed by atoms with van der Waals surface area (Å²) in [6, 6.07) is 4.24. The molecule has 0 aliphatic carbocycles. The minimum atomic E-state index is 0.450. The second-order valence-corrected chi connectivity index (χ2v) is 5.38. The molecule has 2 aromatic rings. The lowest BCUT2D eigenvalue weighted by Crippen LogP contribution is -2.48. The average Bonchev–Trinajstić information content (AvgIpc) is 3.09. The van der Waals surface area contributed by atoms with Crippen molar-refractivity contribution in [1.82, 2.24) is 20.0 Å². The third-order valence-corrected chi connectivity index (χ3v) is 3.69. The minimum absolute atomic E-state index is 0.450. The number of rotatable bonds is 4. The van der Waals surface area contributed by atoms with Crippen LogP contribution >= 0.6 is 0 Å². The van der Waals surface area contributed by atoms with Crippen LogP contribution < -0.4 is 0 Å². The lowest BCUT2D eigenvalue weighted by molar-refractivity contribution is 0.0979. The lowest BCUT2D eigenvalue weighted by Gasteiger charge is -2.36. The van der Waals surface area contributed by atoms with Gasteiger partial charge in [0.1, 0.15) is 0 Å². The van der Waals surface area contributed by atoms with E-state index >= 15 is 0 Å². The van der Waals surface area contributed by atoms with Gasteiger partial charge < -0.3 is 8.83 Å².